The number of rotatable bonds is 8. The van der Waals surface area contributed by atoms with Crippen LogP contribution < -0.4 is 14.4 Å². The van der Waals surface area contributed by atoms with E-state index in [9.17, 15) is 0 Å². The standard InChI is InChI=1S/C20H24N4O2S/c1-4-26-17-11-10-15(12-18(17)25-3)13-23(2)14-24-20(27)21-19(22-24)16-8-6-5-7-9-16/h5-12H,4,13-14H2,1-3H3,(H,21,22,27)/p+1. The van der Waals surface area contributed by atoms with Crippen LogP contribution in [-0.2, 0) is 13.2 Å². The van der Waals surface area contributed by atoms with E-state index in [1.165, 1.54) is 10.5 Å². The Balaban J connectivity index is 1.70. The zero-order valence-corrected chi connectivity index (χ0v) is 16.7. The maximum Gasteiger partial charge on any atom is 0.221 e. The molecule has 0 saturated carbocycles. The molecular formula is C20H25N4O2S+. The molecule has 1 heterocycles. The van der Waals surface area contributed by atoms with Gasteiger partial charge in [-0.1, -0.05) is 30.3 Å². The van der Waals surface area contributed by atoms with Crippen LogP contribution in [0.25, 0.3) is 11.4 Å². The summed E-state index contributed by atoms with van der Waals surface area (Å²) in [6.45, 7) is 4.09. The predicted molar refractivity (Wildman–Crippen MR) is 108 cm³/mol. The van der Waals surface area contributed by atoms with E-state index in [1.54, 1.807) is 7.11 Å². The molecule has 0 fully saturated rings. The molecule has 27 heavy (non-hydrogen) atoms. The van der Waals surface area contributed by atoms with Crippen LogP contribution in [0, 0.1) is 4.77 Å². The number of nitrogens with one attached hydrogen (secondary N) is 2. The van der Waals surface area contributed by atoms with Crippen molar-refractivity contribution in [3.05, 3.63) is 58.9 Å². The van der Waals surface area contributed by atoms with Gasteiger partial charge in [-0.05, 0) is 37.3 Å². The molecule has 0 aliphatic rings. The van der Waals surface area contributed by atoms with Crippen LogP contribution in [0.1, 0.15) is 12.5 Å². The molecule has 1 atom stereocenters. The van der Waals surface area contributed by atoms with Crippen molar-refractivity contribution >= 4 is 12.2 Å². The number of hydrogen-bond acceptors (Lipinski definition) is 4. The summed E-state index contributed by atoms with van der Waals surface area (Å²) >= 11 is 5.41. The van der Waals surface area contributed by atoms with Gasteiger partial charge >= 0.3 is 0 Å². The van der Waals surface area contributed by atoms with Crippen molar-refractivity contribution in [2.75, 3.05) is 20.8 Å². The SMILES string of the molecule is CCOc1ccc(C[NH+](C)Cn2[nH]c(-c3ccccc3)nc2=S)cc1OC. The largest absolute Gasteiger partial charge is 0.493 e. The van der Waals surface area contributed by atoms with Gasteiger partial charge in [0.2, 0.25) is 4.77 Å². The van der Waals surface area contributed by atoms with Crippen LogP contribution in [0.4, 0.5) is 0 Å². The highest BCUT2D eigenvalue weighted by Crippen LogP contribution is 2.27. The Kier molecular flexibility index (Phi) is 6.26. The Labute approximate surface area is 164 Å². The normalized spacial score (nSPS) is 12.0. The monoisotopic (exact) mass is 385 g/mol. The zero-order valence-electron chi connectivity index (χ0n) is 15.9. The lowest BCUT2D eigenvalue weighted by atomic mass is 10.2. The Bertz CT molecular complexity index is 937. The quantitative estimate of drug-likeness (QED) is 0.586. The molecule has 142 valence electrons. The van der Waals surface area contributed by atoms with Gasteiger partial charge < -0.3 is 14.4 Å². The van der Waals surface area contributed by atoms with Crippen molar-refractivity contribution < 1.29 is 14.4 Å². The molecule has 0 bridgehead atoms. The summed E-state index contributed by atoms with van der Waals surface area (Å²) < 4.78 is 13.5. The predicted octanol–water partition coefficient (Wildman–Crippen LogP) is 2.69. The van der Waals surface area contributed by atoms with E-state index in [4.69, 9.17) is 21.7 Å². The Morgan fingerprint density at radius 3 is 2.63 bits per heavy atom. The number of ether oxygens (including phenoxy) is 2. The molecule has 2 N–H and O–H groups in total. The molecule has 3 rings (SSSR count). The van der Waals surface area contributed by atoms with Crippen LogP contribution in [-0.4, -0.2) is 35.5 Å². The van der Waals surface area contributed by atoms with E-state index in [2.05, 4.69) is 23.2 Å². The molecule has 0 saturated heterocycles. The van der Waals surface area contributed by atoms with Gasteiger partial charge in [-0.15, -0.1) is 0 Å². The van der Waals surface area contributed by atoms with E-state index in [0.29, 0.717) is 18.0 Å². The van der Waals surface area contributed by atoms with Crippen molar-refractivity contribution in [3.8, 4) is 22.9 Å². The first kappa shape index (κ1) is 19.1. The van der Waals surface area contributed by atoms with Crippen molar-refractivity contribution in [2.45, 2.75) is 20.1 Å². The number of benzene rings is 2. The van der Waals surface area contributed by atoms with Crippen molar-refractivity contribution in [3.63, 3.8) is 0 Å². The summed E-state index contributed by atoms with van der Waals surface area (Å²) in [5, 5.41) is 3.30. The molecule has 0 amide bonds. The van der Waals surface area contributed by atoms with E-state index in [1.807, 2.05) is 54.1 Å². The van der Waals surface area contributed by atoms with Gasteiger partial charge in [-0.2, -0.15) is 4.98 Å². The molecule has 1 aromatic heterocycles. The summed E-state index contributed by atoms with van der Waals surface area (Å²) in [6, 6.07) is 16.0. The highest BCUT2D eigenvalue weighted by molar-refractivity contribution is 7.71. The third-order valence-electron chi connectivity index (χ3n) is 4.19. The minimum absolute atomic E-state index is 0.553. The molecule has 1 unspecified atom stereocenters. The Hall–Kier alpha value is -2.64. The van der Waals surface area contributed by atoms with Crippen LogP contribution >= 0.6 is 12.2 Å². The first-order valence-electron chi connectivity index (χ1n) is 8.94. The summed E-state index contributed by atoms with van der Waals surface area (Å²) in [7, 11) is 3.78. The van der Waals surface area contributed by atoms with Crippen LogP contribution in [0.2, 0.25) is 0 Å². The molecule has 0 radical (unpaired) electrons. The lowest BCUT2D eigenvalue weighted by Crippen LogP contribution is -3.07. The maximum atomic E-state index is 5.58. The van der Waals surface area contributed by atoms with Gasteiger partial charge in [0.1, 0.15) is 6.54 Å². The third kappa shape index (κ3) is 4.75. The van der Waals surface area contributed by atoms with Crippen molar-refractivity contribution in [1.29, 1.82) is 0 Å². The summed E-state index contributed by atoms with van der Waals surface area (Å²) in [5.74, 6) is 2.31. The molecule has 3 aromatic rings. The molecule has 6 nitrogen and oxygen atoms in total. The third-order valence-corrected chi connectivity index (χ3v) is 4.50. The molecule has 7 heteroatoms. The van der Waals surface area contributed by atoms with Crippen molar-refractivity contribution in [2.24, 2.45) is 0 Å². The lowest BCUT2D eigenvalue weighted by Gasteiger charge is -2.16. The van der Waals surface area contributed by atoms with Crippen LogP contribution in [0.5, 0.6) is 11.5 Å². The highest BCUT2D eigenvalue weighted by atomic mass is 32.1. The van der Waals surface area contributed by atoms with Gasteiger partial charge in [0, 0.05) is 11.1 Å². The number of aromatic amines is 1. The van der Waals surface area contributed by atoms with Gasteiger partial charge in [0.05, 0.1) is 20.8 Å². The van der Waals surface area contributed by atoms with E-state index < -0.39 is 0 Å². The maximum absolute atomic E-state index is 5.58. The smallest absolute Gasteiger partial charge is 0.221 e. The lowest BCUT2D eigenvalue weighted by molar-refractivity contribution is -0.917. The van der Waals surface area contributed by atoms with E-state index in [-0.39, 0.29) is 0 Å². The summed E-state index contributed by atoms with van der Waals surface area (Å²) in [5.41, 5.74) is 2.19. The summed E-state index contributed by atoms with van der Waals surface area (Å²) in [4.78, 5) is 5.74. The second kappa shape index (κ2) is 8.83. The second-order valence-electron chi connectivity index (χ2n) is 6.36. The summed E-state index contributed by atoms with van der Waals surface area (Å²) in [6.07, 6.45) is 0. The van der Waals surface area contributed by atoms with Gasteiger partial charge in [0.15, 0.2) is 24.0 Å². The molecule has 0 aliphatic carbocycles. The Morgan fingerprint density at radius 1 is 1.15 bits per heavy atom. The highest BCUT2D eigenvalue weighted by Gasteiger charge is 2.12. The molecule has 0 spiro atoms. The zero-order chi connectivity index (χ0) is 19.2. The minimum atomic E-state index is 0.553. The van der Waals surface area contributed by atoms with Gasteiger partial charge in [0.25, 0.3) is 0 Å². The number of aromatic nitrogens is 3. The van der Waals surface area contributed by atoms with Crippen molar-refractivity contribution in [1.82, 2.24) is 14.8 Å². The molecular weight excluding hydrogens is 360 g/mol. The average molecular weight is 386 g/mol. The number of H-pyrrole nitrogens is 1. The number of nitrogens with zero attached hydrogens (tertiary/aromatic N) is 2. The molecule has 0 aliphatic heterocycles. The van der Waals surface area contributed by atoms with Gasteiger partial charge in [-0.3, -0.25) is 5.10 Å². The number of methoxy groups -OCH3 is 1. The first-order valence-corrected chi connectivity index (χ1v) is 9.34. The number of hydrogen-bond donors (Lipinski definition) is 2. The van der Waals surface area contributed by atoms with Crippen LogP contribution in [0.3, 0.4) is 0 Å². The van der Waals surface area contributed by atoms with Crippen LogP contribution in [0.15, 0.2) is 48.5 Å². The minimum Gasteiger partial charge on any atom is -0.493 e. The first-order chi connectivity index (χ1) is 13.1. The number of quaternary nitrogens is 1. The second-order valence-corrected chi connectivity index (χ2v) is 6.72. The molecule has 2 aromatic carbocycles. The Morgan fingerprint density at radius 2 is 1.93 bits per heavy atom. The fourth-order valence-corrected chi connectivity index (χ4v) is 3.16. The van der Waals surface area contributed by atoms with E-state index >= 15 is 0 Å². The van der Waals surface area contributed by atoms with E-state index in [0.717, 1.165) is 29.4 Å². The fourth-order valence-electron chi connectivity index (χ4n) is 2.96. The fraction of sp³-hybridized carbons (Fsp3) is 0.300. The topological polar surface area (TPSA) is 56.5 Å². The average Bonchev–Trinajstić information content (AvgIpc) is 3.04. The van der Waals surface area contributed by atoms with Gasteiger partial charge in [-0.25, -0.2) is 4.68 Å².